The SMILES string of the molecule is CC1C(=O)N(C)C(=O)C1C.Cc1nc[nH]c1C.Cc1ncn(O)c1C. The van der Waals surface area contributed by atoms with E-state index in [1.165, 1.54) is 18.3 Å². The van der Waals surface area contributed by atoms with Crippen molar-refractivity contribution in [3.63, 3.8) is 0 Å². The maximum Gasteiger partial charge on any atom is 0.232 e. The van der Waals surface area contributed by atoms with Crippen molar-refractivity contribution >= 4 is 11.8 Å². The molecule has 2 atom stereocenters. The van der Waals surface area contributed by atoms with Crippen LogP contribution in [0.25, 0.3) is 0 Å². The Bertz CT molecular complexity index is 678. The number of carbonyl (C=O) groups is 2. The Kier molecular flexibility index (Phi) is 6.90. The maximum absolute atomic E-state index is 11.0. The third kappa shape index (κ3) is 4.91. The molecule has 8 heteroatoms. The normalized spacial score (nSPS) is 19.2. The number of carbonyl (C=O) groups excluding carboxylic acids is 2. The Labute approximate surface area is 147 Å². The van der Waals surface area contributed by atoms with Crippen LogP contribution in [0.4, 0.5) is 0 Å². The second-order valence-electron chi connectivity index (χ2n) is 6.19. The zero-order valence-electron chi connectivity index (χ0n) is 15.9. The molecule has 1 saturated heterocycles. The quantitative estimate of drug-likeness (QED) is 0.559. The van der Waals surface area contributed by atoms with E-state index in [2.05, 4.69) is 15.0 Å². The van der Waals surface area contributed by atoms with Crippen LogP contribution in [-0.4, -0.2) is 48.7 Å². The molecule has 138 valence electrons. The first-order chi connectivity index (χ1) is 11.6. The molecule has 1 aliphatic rings. The van der Waals surface area contributed by atoms with E-state index >= 15 is 0 Å². The lowest BCUT2D eigenvalue weighted by molar-refractivity contribution is -0.138. The summed E-state index contributed by atoms with van der Waals surface area (Å²) in [5.41, 5.74) is 3.90. The molecule has 25 heavy (non-hydrogen) atoms. The number of amides is 2. The first kappa shape index (κ1) is 20.4. The van der Waals surface area contributed by atoms with Gasteiger partial charge in [0.1, 0.15) is 6.33 Å². The maximum atomic E-state index is 11.0. The molecule has 8 nitrogen and oxygen atoms in total. The van der Waals surface area contributed by atoms with E-state index < -0.39 is 0 Å². The summed E-state index contributed by atoms with van der Waals surface area (Å²) in [6.07, 6.45) is 3.08. The van der Waals surface area contributed by atoms with Crippen LogP contribution in [0.1, 0.15) is 36.6 Å². The zero-order chi connectivity index (χ0) is 19.3. The average molecular weight is 349 g/mol. The van der Waals surface area contributed by atoms with E-state index in [1.54, 1.807) is 20.2 Å². The van der Waals surface area contributed by atoms with Gasteiger partial charge < -0.3 is 10.2 Å². The Morgan fingerprint density at radius 1 is 1.00 bits per heavy atom. The largest absolute Gasteiger partial charge is 0.427 e. The van der Waals surface area contributed by atoms with Gasteiger partial charge in [0, 0.05) is 24.6 Å². The van der Waals surface area contributed by atoms with Gasteiger partial charge in [-0.25, -0.2) is 9.97 Å². The number of nitrogens with one attached hydrogen (secondary N) is 1. The fourth-order valence-corrected chi connectivity index (χ4v) is 2.06. The highest BCUT2D eigenvalue weighted by Crippen LogP contribution is 2.23. The lowest BCUT2D eigenvalue weighted by Gasteiger charge is -2.03. The topological polar surface area (TPSA) is 104 Å². The Hall–Kier alpha value is -2.64. The number of rotatable bonds is 0. The molecular formula is C17H27N5O3. The average Bonchev–Trinajstić information content (AvgIpc) is 3.16. The van der Waals surface area contributed by atoms with E-state index in [4.69, 9.17) is 5.21 Å². The number of H-pyrrole nitrogens is 1. The highest BCUT2D eigenvalue weighted by molar-refractivity contribution is 6.04. The summed E-state index contributed by atoms with van der Waals surface area (Å²) in [7, 11) is 1.53. The summed E-state index contributed by atoms with van der Waals surface area (Å²) >= 11 is 0. The number of aromatic nitrogens is 4. The number of hydrogen-bond donors (Lipinski definition) is 2. The summed E-state index contributed by atoms with van der Waals surface area (Å²) in [4.78, 5) is 34.0. The first-order valence-electron chi connectivity index (χ1n) is 8.05. The van der Waals surface area contributed by atoms with Crippen LogP contribution in [0.5, 0.6) is 0 Å². The van der Waals surface area contributed by atoms with Crippen molar-refractivity contribution in [2.45, 2.75) is 41.5 Å². The van der Waals surface area contributed by atoms with Crippen molar-refractivity contribution in [1.29, 1.82) is 0 Å². The Morgan fingerprint density at radius 2 is 1.52 bits per heavy atom. The minimum atomic E-state index is -0.127. The highest BCUT2D eigenvalue weighted by Gasteiger charge is 2.39. The molecule has 2 aromatic heterocycles. The smallest absolute Gasteiger partial charge is 0.232 e. The van der Waals surface area contributed by atoms with Crippen molar-refractivity contribution in [3.8, 4) is 0 Å². The molecule has 2 N–H and O–H groups in total. The molecule has 3 heterocycles. The summed E-state index contributed by atoms with van der Waals surface area (Å²) < 4.78 is 1.01. The van der Waals surface area contributed by atoms with Gasteiger partial charge in [-0.3, -0.25) is 14.5 Å². The fraction of sp³-hybridized carbons (Fsp3) is 0.529. The zero-order valence-corrected chi connectivity index (χ0v) is 15.9. The van der Waals surface area contributed by atoms with Crippen molar-refractivity contribution in [2.75, 3.05) is 7.05 Å². The summed E-state index contributed by atoms with van der Waals surface area (Å²) in [6, 6.07) is 0. The Morgan fingerprint density at radius 3 is 1.64 bits per heavy atom. The van der Waals surface area contributed by atoms with Crippen molar-refractivity contribution in [2.24, 2.45) is 11.8 Å². The lowest BCUT2D eigenvalue weighted by atomic mass is 10.00. The molecule has 0 aromatic carbocycles. The highest BCUT2D eigenvalue weighted by atomic mass is 16.5. The number of nitrogens with zero attached hydrogens (tertiary/aromatic N) is 4. The van der Waals surface area contributed by atoms with Crippen LogP contribution in [0, 0.1) is 39.5 Å². The monoisotopic (exact) mass is 349 g/mol. The van der Waals surface area contributed by atoms with Crippen LogP contribution in [0.3, 0.4) is 0 Å². The van der Waals surface area contributed by atoms with Crippen molar-refractivity contribution in [1.82, 2.24) is 24.6 Å². The van der Waals surface area contributed by atoms with E-state index in [0.717, 1.165) is 27.5 Å². The minimum absolute atomic E-state index is 0.0579. The summed E-state index contributed by atoms with van der Waals surface area (Å²) in [6.45, 7) is 11.2. The van der Waals surface area contributed by atoms with Gasteiger partial charge >= 0.3 is 0 Å². The van der Waals surface area contributed by atoms with Gasteiger partial charge in [0.2, 0.25) is 11.8 Å². The lowest BCUT2D eigenvalue weighted by Crippen LogP contribution is -2.25. The number of aromatic amines is 1. The molecule has 1 fully saturated rings. The van der Waals surface area contributed by atoms with Gasteiger partial charge in [-0.1, -0.05) is 13.8 Å². The fourth-order valence-electron chi connectivity index (χ4n) is 2.06. The molecule has 0 aliphatic carbocycles. The predicted molar refractivity (Wildman–Crippen MR) is 93.1 cm³/mol. The van der Waals surface area contributed by atoms with Crippen molar-refractivity contribution in [3.05, 3.63) is 35.4 Å². The summed E-state index contributed by atoms with van der Waals surface area (Å²) in [5.74, 6) is -0.370. The molecule has 0 spiro atoms. The van der Waals surface area contributed by atoms with Crippen LogP contribution in [-0.2, 0) is 9.59 Å². The molecule has 0 saturated carbocycles. The van der Waals surface area contributed by atoms with Gasteiger partial charge in [0.15, 0.2) is 0 Å². The Balaban J connectivity index is 0.000000191. The van der Waals surface area contributed by atoms with E-state index in [0.29, 0.717) is 0 Å². The second-order valence-corrected chi connectivity index (χ2v) is 6.19. The molecule has 2 aromatic rings. The van der Waals surface area contributed by atoms with E-state index in [9.17, 15) is 9.59 Å². The van der Waals surface area contributed by atoms with Gasteiger partial charge in [-0.05, 0) is 27.7 Å². The van der Waals surface area contributed by atoms with Crippen LogP contribution >= 0.6 is 0 Å². The number of imide groups is 1. The standard InChI is InChI=1S/C7H11NO2.C5H8N2O.C5H8N2/c1-4-5(2)7(10)8(3)6(4)9;1-4-5(2)7(8)3-6-4;1-4-5(2)7-3-6-4/h4-5H,1-3H3;3,8H,1-2H3;3H,1-2H3,(H,6,7). The molecule has 0 bridgehead atoms. The first-order valence-corrected chi connectivity index (χ1v) is 8.05. The van der Waals surface area contributed by atoms with Crippen molar-refractivity contribution < 1.29 is 14.8 Å². The van der Waals surface area contributed by atoms with E-state index in [-0.39, 0.29) is 23.7 Å². The number of hydrogen-bond acceptors (Lipinski definition) is 5. The molecule has 3 rings (SSSR count). The number of aryl methyl sites for hydroxylation is 3. The predicted octanol–water partition coefficient (Wildman–Crippen LogP) is 2.02. The molecule has 0 radical (unpaired) electrons. The minimum Gasteiger partial charge on any atom is -0.427 e. The van der Waals surface area contributed by atoms with Gasteiger partial charge in [-0.2, -0.15) is 4.73 Å². The number of likely N-dealkylation sites (tertiary alicyclic amines) is 1. The van der Waals surface area contributed by atoms with E-state index in [1.807, 2.05) is 27.7 Å². The van der Waals surface area contributed by atoms with Gasteiger partial charge in [0.05, 0.1) is 23.4 Å². The molecule has 1 aliphatic heterocycles. The molecule has 2 unspecified atom stereocenters. The third-order valence-corrected chi connectivity index (χ3v) is 4.50. The van der Waals surface area contributed by atoms with Crippen LogP contribution in [0.15, 0.2) is 12.7 Å². The number of imidazole rings is 2. The molecule has 2 amide bonds. The van der Waals surface area contributed by atoms with Crippen LogP contribution in [0.2, 0.25) is 0 Å². The van der Waals surface area contributed by atoms with Gasteiger partial charge in [-0.15, -0.1) is 0 Å². The van der Waals surface area contributed by atoms with Gasteiger partial charge in [0.25, 0.3) is 0 Å². The second kappa shape index (κ2) is 8.46. The molecular weight excluding hydrogens is 322 g/mol. The summed E-state index contributed by atoms with van der Waals surface area (Å²) in [5, 5.41) is 8.79. The van der Waals surface area contributed by atoms with Crippen LogP contribution < -0.4 is 0 Å². The third-order valence-electron chi connectivity index (χ3n) is 4.50.